The molecule has 2 atom stereocenters. The van der Waals surface area contributed by atoms with E-state index in [1.54, 1.807) is 18.2 Å². The molecule has 1 aromatic carbocycles. The van der Waals surface area contributed by atoms with Gasteiger partial charge in [-0.05, 0) is 37.1 Å². The fourth-order valence-corrected chi connectivity index (χ4v) is 2.86. The van der Waals surface area contributed by atoms with Crippen LogP contribution in [0, 0.1) is 5.92 Å². The topological polar surface area (TPSA) is 58.4 Å². The van der Waals surface area contributed by atoms with Crippen molar-refractivity contribution in [2.24, 2.45) is 11.7 Å². The number of nitrogens with zero attached hydrogens (tertiary/aromatic N) is 1. The lowest BCUT2D eigenvalue weighted by molar-refractivity contribution is -0.116. The standard InChI is InChI=1S/C15H21Cl2N3O.ClH/c1-10-9-20(6-4-13(10)18)7-5-15(21)19-14-8-11(16)2-3-12(14)17;/h2-3,8,10,13H,4-7,9,18H2,1H3,(H,19,21);1H. The van der Waals surface area contributed by atoms with Crippen LogP contribution in [0.5, 0.6) is 0 Å². The van der Waals surface area contributed by atoms with Crippen molar-refractivity contribution in [1.82, 2.24) is 4.90 Å². The van der Waals surface area contributed by atoms with Crippen LogP contribution >= 0.6 is 35.6 Å². The maximum absolute atomic E-state index is 12.0. The summed E-state index contributed by atoms with van der Waals surface area (Å²) in [6, 6.07) is 5.30. The average molecular weight is 367 g/mol. The number of nitrogens with two attached hydrogens (primary N) is 1. The Morgan fingerprint density at radius 3 is 2.86 bits per heavy atom. The number of likely N-dealkylation sites (tertiary alicyclic amines) is 1. The summed E-state index contributed by atoms with van der Waals surface area (Å²) in [5, 5.41) is 3.84. The second kappa shape index (κ2) is 8.94. The number of hydrogen-bond donors (Lipinski definition) is 2. The summed E-state index contributed by atoms with van der Waals surface area (Å²) in [6.45, 7) is 4.80. The number of carbonyl (C=O) groups excluding carboxylic acids is 1. The molecule has 1 heterocycles. The second-order valence-electron chi connectivity index (χ2n) is 5.65. The Balaban J connectivity index is 0.00000242. The summed E-state index contributed by atoms with van der Waals surface area (Å²) >= 11 is 11.9. The molecule has 1 saturated heterocycles. The first-order valence-corrected chi connectivity index (χ1v) is 7.94. The van der Waals surface area contributed by atoms with Gasteiger partial charge in [0, 0.05) is 30.6 Å². The molecule has 3 N–H and O–H groups in total. The van der Waals surface area contributed by atoms with Crippen molar-refractivity contribution in [2.75, 3.05) is 25.0 Å². The fraction of sp³-hybridized carbons (Fsp3) is 0.533. The summed E-state index contributed by atoms with van der Waals surface area (Å²) < 4.78 is 0. The SMILES string of the molecule is CC1CN(CCC(=O)Nc2cc(Cl)ccc2Cl)CCC1N.Cl. The maximum atomic E-state index is 12.0. The second-order valence-corrected chi connectivity index (χ2v) is 6.50. The molecular weight excluding hydrogens is 345 g/mol. The quantitative estimate of drug-likeness (QED) is 0.858. The number of amides is 1. The normalized spacial score (nSPS) is 22.0. The van der Waals surface area contributed by atoms with Crippen molar-refractivity contribution in [3.8, 4) is 0 Å². The van der Waals surface area contributed by atoms with Gasteiger partial charge in [0.15, 0.2) is 0 Å². The zero-order valence-electron chi connectivity index (χ0n) is 12.5. The van der Waals surface area contributed by atoms with E-state index in [-0.39, 0.29) is 24.4 Å². The maximum Gasteiger partial charge on any atom is 0.225 e. The first kappa shape index (κ1) is 19.5. The predicted molar refractivity (Wildman–Crippen MR) is 95.2 cm³/mol. The van der Waals surface area contributed by atoms with Gasteiger partial charge in [-0.15, -0.1) is 12.4 Å². The van der Waals surface area contributed by atoms with Gasteiger partial charge >= 0.3 is 0 Å². The van der Waals surface area contributed by atoms with E-state index >= 15 is 0 Å². The fourth-order valence-electron chi connectivity index (χ4n) is 2.52. The van der Waals surface area contributed by atoms with Crippen molar-refractivity contribution in [2.45, 2.75) is 25.8 Å². The summed E-state index contributed by atoms with van der Waals surface area (Å²) in [5.74, 6) is 0.422. The third-order valence-electron chi connectivity index (χ3n) is 3.91. The van der Waals surface area contributed by atoms with E-state index in [0.717, 1.165) is 26.1 Å². The van der Waals surface area contributed by atoms with Gasteiger partial charge in [-0.25, -0.2) is 0 Å². The largest absolute Gasteiger partial charge is 0.327 e. The van der Waals surface area contributed by atoms with Crippen molar-refractivity contribution >= 4 is 47.2 Å². The summed E-state index contributed by atoms with van der Waals surface area (Å²) in [6.07, 6.45) is 1.42. The lowest BCUT2D eigenvalue weighted by Gasteiger charge is -2.34. The molecule has 1 aliphatic heterocycles. The molecule has 2 unspecified atom stereocenters. The molecule has 1 aromatic rings. The van der Waals surface area contributed by atoms with Gasteiger partial charge in [0.25, 0.3) is 0 Å². The molecule has 7 heteroatoms. The third-order valence-corrected chi connectivity index (χ3v) is 4.48. The first-order chi connectivity index (χ1) is 9.95. The Kier molecular flexibility index (Phi) is 7.94. The highest BCUT2D eigenvalue weighted by atomic mass is 35.5. The molecule has 0 bridgehead atoms. The van der Waals surface area contributed by atoms with Gasteiger partial charge < -0.3 is 16.0 Å². The number of benzene rings is 1. The molecule has 2 rings (SSSR count). The zero-order chi connectivity index (χ0) is 15.4. The number of hydrogen-bond acceptors (Lipinski definition) is 3. The highest BCUT2D eigenvalue weighted by molar-refractivity contribution is 6.35. The Labute approximate surface area is 147 Å². The minimum Gasteiger partial charge on any atom is -0.327 e. The van der Waals surface area contributed by atoms with Crippen molar-refractivity contribution < 1.29 is 4.79 Å². The van der Waals surface area contributed by atoms with E-state index < -0.39 is 0 Å². The number of rotatable bonds is 4. The molecule has 4 nitrogen and oxygen atoms in total. The van der Waals surface area contributed by atoms with Crippen LogP contribution in [0.3, 0.4) is 0 Å². The van der Waals surface area contributed by atoms with Crippen LogP contribution in [-0.2, 0) is 4.79 Å². The smallest absolute Gasteiger partial charge is 0.225 e. The molecule has 0 aromatic heterocycles. The third kappa shape index (κ3) is 5.60. The zero-order valence-corrected chi connectivity index (χ0v) is 14.8. The number of carbonyl (C=O) groups is 1. The van der Waals surface area contributed by atoms with Crippen molar-refractivity contribution in [3.05, 3.63) is 28.2 Å². The summed E-state index contributed by atoms with van der Waals surface area (Å²) in [5.41, 5.74) is 6.55. The Morgan fingerprint density at radius 2 is 2.18 bits per heavy atom. The van der Waals surface area contributed by atoms with E-state index in [2.05, 4.69) is 17.1 Å². The van der Waals surface area contributed by atoms with Gasteiger partial charge in [-0.3, -0.25) is 4.79 Å². The number of anilines is 1. The van der Waals surface area contributed by atoms with Crippen LogP contribution in [0.15, 0.2) is 18.2 Å². The van der Waals surface area contributed by atoms with E-state index in [4.69, 9.17) is 28.9 Å². The van der Waals surface area contributed by atoms with Crippen molar-refractivity contribution in [1.29, 1.82) is 0 Å². The van der Waals surface area contributed by atoms with Crippen LogP contribution < -0.4 is 11.1 Å². The van der Waals surface area contributed by atoms with Gasteiger partial charge in [0.05, 0.1) is 10.7 Å². The van der Waals surface area contributed by atoms with E-state index in [1.807, 2.05) is 0 Å². The molecule has 22 heavy (non-hydrogen) atoms. The summed E-state index contributed by atoms with van der Waals surface area (Å²) in [4.78, 5) is 14.3. The lowest BCUT2D eigenvalue weighted by Crippen LogP contribution is -2.46. The van der Waals surface area contributed by atoms with Gasteiger partial charge in [-0.2, -0.15) is 0 Å². The molecular formula is C15H22Cl3N3O. The minimum absolute atomic E-state index is 0. The molecule has 1 amide bonds. The highest BCUT2D eigenvalue weighted by Crippen LogP contribution is 2.25. The van der Waals surface area contributed by atoms with Gasteiger partial charge in [0.2, 0.25) is 5.91 Å². The molecule has 124 valence electrons. The van der Waals surface area contributed by atoms with Crippen LogP contribution in [0.4, 0.5) is 5.69 Å². The average Bonchev–Trinajstić information content (AvgIpc) is 2.44. The van der Waals surface area contributed by atoms with E-state index in [1.165, 1.54) is 0 Å². The van der Waals surface area contributed by atoms with Crippen LogP contribution in [-0.4, -0.2) is 36.5 Å². The monoisotopic (exact) mass is 365 g/mol. The summed E-state index contributed by atoms with van der Waals surface area (Å²) in [7, 11) is 0. The number of piperidine rings is 1. The van der Waals surface area contributed by atoms with E-state index in [0.29, 0.717) is 28.1 Å². The molecule has 0 saturated carbocycles. The molecule has 0 radical (unpaired) electrons. The van der Waals surface area contributed by atoms with E-state index in [9.17, 15) is 4.79 Å². The van der Waals surface area contributed by atoms with Gasteiger partial charge in [-0.1, -0.05) is 30.1 Å². The molecule has 1 aliphatic rings. The molecule has 1 fully saturated rings. The number of halogens is 3. The highest BCUT2D eigenvalue weighted by Gasteiger charge is 2.23. The van der Waals surface area contributed by atoms with Crippen LogP contribution in [0.1, 0.15) is 19.8 Å². The Morgan fingerprint density at radius 1 is 1.45 bits per heavy atom. The minimum atomic E-state index is -0.0540. The molecule has 0 spiro atoms. The Bertz CT molecular complexity index is 513. The van der Waals surface area contributed by atoms with Gasteiger partial charge in [0.1, 0.15) is 0 Å². The first-order valence-electron chi connectivity index (χ1n) is 7.18. The Hall–Kier alpha value is -0.520. The van der Waals surface area contributed by atoms with Crippen LogP contribution in [0.25, 0.3) is 0 Å². The van der Waals surface area contributed by atoms with Crippen LogP contribution in [0.2, 0.25) is 10.0 Å². The predicted octanol–water partition coefficient (Wildman–Crippen LogP) is 3.41. The molecule has 0 aliphatic carbocycles. The number of nitrogens with one attached hydrogen (secondary N) is 1. The van der Waals surface area contributed by atoms with Crippen molar-refractivity contribution in [3.63, 3.8) is 0 Å². The lowest BCUT2D eigenvalue weighted by atomic mass is 9.95.